The van der Waals surface area contributed by atoms with Crippen molar-refractivity contribution in [1.29, 1.82) is 0 Å². The molecule has 2 aromatic rings. The predicted molar refractivity (Wildman–Crippen MR) is 301 cm³/mol. The standard InChI is InChI=1S/C64H110N2.Pd/c1-7-13-19-20-21-22-23-24-25-26-27-28-29-30-31-32-33-34-35-36-37-38-39-40-41-42-44-50-64(66-62-55-59(47-17-11-5)52-60(56-62)48-18-12-6)63(49-43-14-8-2)65-61-53-57(45-15-9-3)51-58(54-61)46-16-10-4;/h44,50-56H,7-43,45-49H2,1-6H3;. The molecule has 0 unspecified atom stereocenters. The van der Waals surface area contributed by atoms with Crippen molar-refractivity contribution in [1.82, 2.24) is 0 Å². The average Bonchev–Trinajstić information content (AvgIpc) is 3.32. The minimum Gasteiger partial charge on any atom is -0.251 e. The Morgan fingerprint density at radius 1 is 0.328 bits per heavy atom. The Morgan fingerprint density at radius 3 is 0.940 bits per heavy atom. The van der Waals surface area contributed by atoms with E-state index in [1.54, 1.807) is 0 Å². The van der Waals surface area contributed by atoms with Gasteiger partial charge in [-0.15, -0.1) is 0 Å². The van der Waals surface area contributed by atoms with E-state index in [2.05, 4.69) is 90.1 Å². The molecule has 0 spiro atoms. The first-order chi connectivity index (χ1) is 32.6. The second kappa shape index (κ2) is 46.6. The fraction of sp³-hybridized carbons (Fsp3) is 0.750. The summed E-state index contributed by atoms with van der Waals surface area (Å²) in [6, 6.07) is 14.4. The van der Waals surface area contributed by atoms with Crippen LogP contribution in [0.15, 0.2) is 58.5 Å². The van der Waals surface area contributed by atoms with Crippen LogP contribution in [-0.2, 0) is 46.1 Å². The average molecular weight is 1010 g/mol. The predicted octanol–water partition coefficient (Wildman–Crippen LogP) is 22.2. The molecule has 2 nitrogen and oxygen atoms in total. The second-order valence-electron chi connectivity index (χ2n) is 20.6. The molecule has 0 bridgehead atoms. The van der Waals surface area contributed by atoms with Gasteiger partial charge in [-0.05, 0) is 130 Å². The summed E-state index contributed by atoms with van der Waals surface area (Å²) in [5.41, 5.74) is 10.3. The topological polar surface area (TPSA) is 24.7 Å². The van der Waals surface area contributed by atoms with Gasteiger partial charge in [-0.1, -0.05) is 252 Å². The largest absolute Gasteiger partial charge is 0.251 e. The summed E-state index contributed by atoms with van der Waals surface area (Å²) in [5, 5.41) is 0. The molecule has 0 radical (unpaired) electrons. The Balaban J connectivity index is 0.0000224. The molecule has 0 saturated carbocycles. The van der Waals surface area contributed by atoms with Gasteiger partial charge in [0.2, 0.25) is 0 Å². The second-order valence-corrected chi connectivity index (χ2v) is 20.6. The van der Waals surface area contributed by atoms with Crippen LogP contribution in [0.4, 0.5) is 11.4 Å². The molecule has 67 heavy (non-hydrogen) atoms. The van der Waals surface area contributed by atoms with Gasteiger partial charge in [0.25, 0.3) is 0 Å². The van der Waals surface area contributed by atoms with E-state index in [0.29, 0.717) is 0 Å². The summed E-state index contributed by atoms with van der Waals surface area (Å²) in [4.78, 5) is 11.1. The zero-order valence-electron chi connectivity index (χ0n) is 45.5. The Hall–Kier alpha value is -1.82. The Morgan fingerprint density at radius 2 is 0.612 bits per heavy atom. The molecular formula is C64H110N2Pd. The van der Waals surface area contributed by atoms with Crippen LogP contribution in [0, 0.1) is 0 Å². The SMILES string of the molecule is CCCCCCCCCCCCCCCCCCCCCCCCCCCC=CC(=Nc1cc(CCCC)cc(CCCC)c1)C(CCCCC)=Nc1cc(CCCC)cc(CCCC)c1.[Pd]. The number of allylic oxidation sites excluding steroid dienone is 2. The number of hydrogen-bond acceptors (Lipinski definition) is 2. The van der Waals surface area contributed by atoms with Gasteiger partial charge in [-0.2, -0.15) is 0 Å². The molecule has 0 aliphatic heterocycles. The summed E-state index contributed by atoms with van der Waals surface area (Å²) in [5.74, 6) is 0. The van der Waals surface area contributed by atoms with E-state index in [1.165, 1.54) is 247 Å². The van der Waals surface area contributed by atoms with Gasteiger partial charge in [-0.3, -0.25) is 4.99 Å². The van der Waals surface area contributed by atoms with Gasteiger partial charge in [0.15, 0.2) is 0 Å². The molecule has 0 fully saturated rings. The number of rotatable bonds is 46. The van der Waals surface area contributed by atoms with Crippen molar-refractivity contribution in [3.63, 3.8) is 0 Å². The third-order valence-corrected chi connectivity index (χ3v) is 13.9. The van der Waals surface area contributed by atoms with Crippen molar-refractivity contribution in [2.24, 2.45) is 9.98 Å². The Bertz CT molecular complexity index is 1450. The number of nitrogens with zero attached hydrogens (tertiary/aromatic N) is 2. The smallest absolute Gasteiger partial charge is 0.0848 e. The van der Waals surface area contributed by atoms with Crippen LogP contribution in [0.25, 0.3) is 0 Å². The minimum absolute atomic E-state index is 0. The summed E-state index contributed by atoms with van der Waals surface area (Å²) in [6.45, 7) is 13.8. The van der Waals surface area contributed by atoms with E-state index in [0.717, 1.165) is 67.7 Å². The third-order valence-electron chi connectivity index (χ3n) is 13.9. The minimum atomic E-state index is 0. The number of aryl methyl sites for hydroxylation is 4. The fourth-order valence-electron chi connectivity index (χ4n) is 9.59. The van der Waals surface area contributed by atoms with Crippen molar-refractivity contribution >= 4 is 22.8 Å². The molecule has 386 valence electrons. The summed E-state index contributed by atoms with van der Waals surface area (Å²) < 4.78 is 0. The van der Waals surface area contributed by atoms with E-state index < -0.39 is 0 Å². The zero-order valence-corrected chi connectivity index (χ0v) is 47.1. The number of benzene rings is 2. The van der Waals surface area contributed by atoms with Crippen LogP contribution in [0.5, 0.6) is 0 Å². The van der Waals surface area contributed by atoms with Crippen LogP contribution in [0.2, 0.25) is 0 Å². The molecule has 3 heteroatoms. The van der Waals surface area contributed by atoms with E-state index in [9.17, 15) is 0 Å². The molecule has 0 aliphatic carbocycles. The van der Waals surface area contributed by atoms with E-state index in [1.807, 2.05) is 0 Å². The third kappa shape index (κ3) is 35.0. The molecular weight excluding hydrogens is 903 g/mol. The first-order valence-electron chi connectivity index (χ1n) is 29.6. The molecule has 2 rings (SSSR count). The number of unbranched alkanes of at least 4 members (excludes halogenated alkanes) is 31. The number of hydrogen-bond donors (Lipinski definition) is 0. The summed E-state index contributed by atoms with van der Waals surface area (Å²) >= 11 is 0. The normalized spacial score (nSPS) is 12.1. The first-order valence-corrected chi connectivity index (χ1v) is 29.6. The van der Waals surface area contributed by atoms with Crippen LogP contribution in [0.1, 0.15) is 308 Å². The van der Waals surface area contributed by atoms with Crippen molar-refractivity contribution in [2.75, 3.05) is 0 Å². The van der Waals surface area contributed by atoms with Gasteiger partial charge in [-0.25, -0.2) is 4.99 Å². The van der Waals surface area contributed by atoms with Crippen molar-refractivity contribution in [3.05, 3.63) is 70.8 Å². The van der Waals surface area contributed by atoms with Crippen molar-refractivity contribution in [3.8, 4) is 0 Å². The van der Waals surface area contributed by atoms with Crippen molar-refractivity contribution in [2.45, 2.75) is 311 Å². The molecule has 0 atom stereocenters. The summed E-state index contributed by atoms with van der Waals surface area (Å²) in [6.07, 6.45) is 60.7. The maximum Gasteiger partial charge on any atom is 0.0848 e. The number of aliphatic imine (C=N–C) groups is 2. The quantitative estimate of drug-likeness (QED) is 0.0359. The molecule has 0 saturated heterocycles. The van der Waals surface area contributed by atoms with Crippen LogP contribution >= 0.6 is 0 Å². The van der Waals surface area contributed by atoms with E-state index in [4.69, 9.17) is 9.98 Å². The maximum atomic E-state index is 5.56. The molecule has 2 aromatic carbocycles. The zero-order chi connectivity index (χ0) is 47.4. The van der Waals surface area contributed by atoms with Gasteiger partial charge < -0.3 is 0 Å². The monoisotopic (exact) mass is 1010 g/mol. The fourth-order valence-corrected chi connectivity index (χ4v) is 9.59. The molecule has 0 N–H and O–H groups in total. The van der Waals surface area contributed by atoms with Crippen LogP contribution < -0.4 is 0 Å². The van der Waals surface area contributed by atoms with Crippen LogP contribution in [-0.4, -0.2) is 11.4 Å². The molecule has 0 aliphatic rings. The molecule has 0 amide bonds. The Labute approximate surface area is 432 Å². The van der Waals surface area contributed by atoms with E-state index in [-0.39, 0.29) is 20.4 Å². The van der Waals surface area contributed by atoms with Gasteiger partial charge in [0.1, 0.15) is 0 Å². The van der Waals surface area contributed by atoms with E-state index >= 15 is 0 Å². The van der Waals surface area contributed by atoms with Gasteiger partial charge >= 0.3 is 0 Å². The Kier molecular flexibility index (Phi) is 43.9. The van der Waals surface area contributed by atoms with Crippen LogP contribution in [0.3, 0.4) is 0 Å². The van der Waals surface area contributed by atoms with Crippen molar-refractivity contribution < 1.29 is 20.4 Å². The first kappa shape index (κ1) is 63.2. The molecule has 0 aromatic heterocycles. The summed E-state index contributed by atoms with van der Waals surface area (Å²) in [7, 11) is 0. The van der Waals surface area contributed by atoms with Gasteiger partial charge in [0, 0.05) is 20.4 Å². The van der Waals surface area contributed by atoms with Gasteiger partial charge in [0.05, 0.1) is 22.8 Å². The maximum absolute atomic E-state index is 5.56. The molecule has 0 heterocycles.